The van der Waals surface area contributed by atoms with Gasteiger partial charge in [0.15, 0.2) is 27.1 Å². The lowest BCUT2D eigenvalue weighted by atomic mass is 9.93. The fraction of sp³-hybridized carbons (Fsp3) is 0.455. The molecule has 2 atom stereocenters. The molecule has 0 saturated carbocycles. The topological polar surface area (TPSA) is 68.1 Å². The fourth-order valence-electron chi connectivity index (χ4n) is 4.13. The van der Waals surface area contributed by atoms with Crippen molar-refractivity contribution in [1.82, 2.24) is 14.5 Å². The third-order valence-corrected chi connectivity index (χ3v) is 6.76. The molecule has 0 unspecified atom stereocenters. The van der Waals surface area contributed by atoms with Crippen LogP contribution >= 0.6 is 11.3 Å². The SMILES string of the molecule is C[C@@H](CC(=O)[C@H]1CCCN1c1nc2c(=O)n(C)c(C(C)(F)F)nc2s1)c1ccccc1. The van der Waals surface area contributed by atoms with Gasteiger partial charge in [0.1, 0.15) is 0 Å². The van der Waals surface area contributed by atoms with Gasteiger partial charge in [0.05, 0.1) is 6.04 Å². The molecule has 4 rings (SSSR count). The molecule has 9 heteroatoms. The fourth-order valence-corrected chi connectivity index (χ4v) is 5.13. The van der Waals surface area contributed by atoms with E-state index in [1.54, 1.807) is 0 Å². The Morgan fingerprint density at radius 1 is 1.29 bits per heavy atom. The van der Waals surface area contributed by atoms with Gasteiger partial charge in [-0.2, -0.15) is 8.78 Å². The Labute approximate surface area is 182 Å². The molecule has 0 radical (unpaired) electrons. The molecule has 3 heterocycles. The number of fused-ring (bicyclic) bond motifs is 1. The maximum atomic E-state index is 13.9. The van der Waals surface area contributed by atoms with Crippen molar-refractivity contribution in [3.05, 3.63) is 52.1 Å². The van der Waals surface area contributed by atoms with Gasteiger partial charge in [0, 0.05) is 26.9 Å². The number of rotatable bonds is 6. The van der Waals surface area contributed by atoms with Gasteiger partial charge in [-0.25, -0.2) is 9.97 Å². The zero-order valence-corrected chi connectivity index (χ0v) is 18.5. The lowest BCUT2D eigenvalue weighted by molar-refractivity contribution is -0.120. The Balaban J connectivity index is 1.62. The van der Waals surface area contributed by atoms with E-state index in [-0.39, 0.29) is 28.1 Å². The minimum absolute atomic E-state index is 0.0613. The summed E-state index contributed by atoms with van der Waals surface area (Å²) in [6, 6.07) is 9.56. The number of benzene rings is 1. The van der Waals surface area contributed by atoms with Crippen LogP contribution in [0.15, 0.2) is 35.1 Å². The molecule has 31 heavy (non-hydrogen) atoms. The highest BCUT2D eigenvalue weighted by atomic mass is 32.1. The maximum Gasteiger partial charge on any atom is 0.302 e. The average Bonchev–Trinajstić information content (AvgIpc) is 3.37. The Morgan fingerprint density at radius 3 is 2.68 bits per heavy atom. The summed E-state index contributed by atoms with van der Waals surface area (Å²) in [6.07, 6.45) is 1.94. The number of thiazole rings is 1. The third-order valence-electron chi connectivity index (χ3n) is 5.77. The number of carbonyl (C=O) groups excluding carboxylic acids is 1. The molecule has 1 aliphatic heterocycles. The molecule has 1 fully saturated rings. The molecule has 0 bridgehead atoms. The highest BCUT2D eigenvalue weighted by Gasteiger charge is 2.35. The van der Waals surface area contributed by atoms with Gasteiger partial charge < -0.3 is 4.90 Å². The van der Waals surface area contributed by atoms with Gasteiger partial charge in [0.25, 0.3) is 5.56 Å². The summed E-state index contributed by atoms with van der Waals surface area (Å²) >= 11 is 1.09. The number of hydrogen-bond donors (Lipinski definition) is 0. The summed E-state index contributed by atoms with van der Waals surface area (Å²) in [5.41, 5.74) is 0.566. The summed E-state index contributed by atoms with van der Waals surface area (Å²) in [5.74, 6) is -3.62. The predicted octanol–water partition coefficient (Wildman–Crippen LogP) is 4.23. The first kappa shape index (κ1) is 21.5. The molecule has 1 aliphatic rings. The van der Waals surface area contributed by atoms with Gasteiger partial charge >= 0.3 is 5.92 Å². The predicted molar refractivity (Wildman–Crippen MR) is 117 cm³/mol. The van der Waals surface area contributed by atoms with Crippen molar-refractivity contribution >= 4 is 32.6 Å². The summed E-state index contributed by atoms with van der Waals surface area (Å²) < 4.78 is 28.6. The number of nitrogens with zero attached hydrogens (tertiary/aromatic N) is 4. The van der Waals surface area contributed by atoms with Crippen LogP contribution in [0.4, 0.5) is 13.9 Å². The van der Waals surface area contributed by atoms with E-state index in [0.717, 1.165) is 27.9 Å². The number of alkyl halides is 2. The molecule has 0 aliphatic carbocycles. The number of hydrogen-bond acceptors (Lipinski definition) is 6. The molecular formula is C22H24F2N4O2S. The zero-order chi connectivity index (χ0) is 22.3. The number of Topliss-reactive ketones (excluding diaryl/α,β-unsaturated/α-hetero) is 1. The Hall–Kier alpha value is -2.68. The van der Waals surface area contributed by atoms with Crippen molar-refractivity contribution in [2.24, 2.45) is 7.05 Å². The zero-order valence-electron chi connectivity index (χ0n) is 17.6. The first-order chi connectivity index (χ1) is 14.7. The van der Waals surface area contributed by atoms with Gasteiger partial charge in [-0.15, -0.1) is 0 Å². The van der Waals surface area contributed by atoms with E-state index < -0.39 is 17.3 Å². The Morgan fingerprint density at radius 2 is 2.00 bits per heavy atom. The van der Waals surface area contributed by atoms with Gasteiger partial charge in [0.2, 0.25) is 0 Å². The smallest absolute Gasteiger partial charge is 0.302 e. The van der Waals surface area contributed by atoms with Crippen LogP contribution in [0.3, 0.4) is 0 Å². The normalized spacial score (nSPS) is 18.0. The standard InChI is InChI=1S/C22H24F2N4O2S/c1-13(14-8-5-4-6-9-14)12-16(29)15-10-7-11-28(15)21-25-17-18(31-21)26-20(22(2,23)24)27(3)19(17)30/h4-6,8-9,13,15H,7,10-12H2,1-3H3/t13-,15+/m0/s1. The van der Waals surface area contributed by atoms with Crippen LogP contribution in [0, 0.1) is 0 Å². The molecule has 0 amide bonds. The highest BCUT2D eigenvalue weighted by molar-refractivity contribution is 7.21. The lowest BCUT2D eigenvalue weighted by Crippen LogP contribution is -2.36. The highest BCUT2D eigenvalue weighted by Crippen LogP contribution is 2.34. The molecule has 6 nitrogen and oxygen atoms in total. The molecule has 164 valence electrons. The van der Waals surface area contributed by atoms with E-state index >= 15 is 0 Å². The molecule has 1 aromatic carbocycles. The van der Waals surface area contributed by atoms with Crippen LogP contribution in [0.25, 0.3) is 10.3 Å². The van der Waals surface area contributed by atoms with Gasteiger partial charge in [-0.3, -0.25) is 14.2 Å². The number of carbonyl (C=O) groups is 1. The Kier molecular flexibility index (Phi) is 5.63. The van der Waals surface area contributed by atoms with Crippen molar-refractivity contribution in [2.75, 3.05) is 11.4 Å². The van der Waals surface area contributed by atoms with E-state index in [0.29, 0.717) is 31.4 Å². The van der Waals surface area contributed by atoms with Crippen LogP contribution in [0.2, 0.25) is 0 Å². The van der Waals surface area contributed by atoms with Crippen LogP contribution in [0.5, 0.6) is 0 Å². The van der Waals surface area contributed by atoms with Crippen molar-refractivity contribution in [3.63, 3.8) is 0 Å². The van der Waals surface area contributed by atoms with E-state index in [1.807, 2.05) is 42.2 Å². The van der Waals surface area contributed by atoms with Crippen LogP contribution in [-0.2, 0) is 17.8 Å². The second kappa shape index (κ2) is 8.11. The number of anilines is 1. The van der Waals surface area contributed by atoms with Crippen LogP contribution in [-0.4, -0.2) is 32.9 Å². The van der Waals surface area contributed by atoms with E-state index in [1.165, 1.54) is 7.05 Å². The van der Waals surface area contributed by atoms with Crippen molar-refractivity contribution in [3.8, 4) is 0 Å². The Bertz CT molecular complexity index is 1170. The van der Waals surface area contributed by atoms with Crippen molar-refractivity contribution < 1.29 is 13.6 Å². The summed E-state index contributed by atoms with van der Waals surface area (Å²) in [4.78, 5) is 36.2. The monoisotopic (exact) mass is 446 g/mol. The van der Waals surface area contributed by atoms with Gasteiger partial charge in [-0.1, -0.05) is 48.6 Å². The number of aromatic nitrogens is 3. The van der Waals surface area contributed by atoms with Crippen molar-refractivity contribution in [1.29, 1.82) is 0 Å². The maximum absolute atomic E-state index is 13.9. The number of ketones is 1. The first-order valence-electron chi connectivity index (χ1n) is 10.3. The largest absolute Gasteiger partial charge is 0.338 e. The summed E-state index contributed by atoms with van der Waals surface area (Å²) in [5, 5.41) is 0.486. The van der Waals surface area contributed by atoms with E-state index in [2.05, 4.69) is 9.97 Å². The lowest BCUT2D eigenvalue weighted by Gasteiger charge is -2.24. The molecule has 3 aromatic rings. The molecular weight excluding hydrogens is 422 g/mol. The minimum Gasteiger partial charge on any atom is -0.338 e. The molecule has 0 spiro atoms. The van der Waals surface area contributed by atoms with Crippen LogP contribution < -0.4 is 10.5 Å². The quantitative estimate of drug-likeness (QED) is 0.567. The number of halogens is 2. The molecule has 0 N–H and O–H groups in total. The molecule has 1 saturated heterocycles. The minimum atomic E-state index is -3.24. The first-order valence-corrected chi connectivity index (χ1v) is 11.1. The van der Waals surface area contributed by atoms with Crippen LogP contribution in [0.1, 0.15) is 50.4 Å². The average molecular weight is 447 g/mol. The second-order valence-corrected chi connectivity index (χ2v) is 9.13. The van der Waals surface area contributed by atoms with E-state index in [4.69, 9.17) is 0 Å². The molecule has 2 aromatic heterocycles. The van der Waals surface area contributed by atoms with Crippen molar-refractivity contribution in [2.45, 2.75) is 51.0 Å². The summed E-state index contributed by atoms with van der Waals surface area (Å²) in [6.45, 7) is 3.38. The van der Waals surface area contributed by atoms with Gasteiger partial charge in [-0.05, 0) is 24.3 Å². The summed E-state index contributed by atoms with van der Waals surface area (Å²) in [7, 11) is 1.27. The van der Waals surface area contributed by atoms with E-state index in [9.17, 15) is 18.4 Å². The second-order valence-electron chi connectivity index (χ2n) is 8.17. The third kappa shape index (κ3) is 4.11.